The molecule has 3 saturated carbocycles. The van der Waals surface area contributed by atoms with Gasteiger partial charge < -0.3 is 0 Å². The van der Waals surface area contributed by atoms with Crippen molar-refractivity contribution in [3.05, 3.63) is 0 Å². The Labute approximate surface area is 93.6 Å². The van der Waals surface area contributed by atoms with Crippen LogP contribution in [-0.4, -0.2) is 5.78 Å². The molecule has 0 radical (unpaired) electrons. The third-order valence-corrected chi connectivity index (χ3v) is 5.03. The minimum Gasteiger partial charge on any atom is -0.300 e. The van der Waals surface area contributed by atoms with Gasteiger partial charge in [-0.05, 0) is 55.8 Å². The Balaban J connectivity index is 2.19. The molecule has 1 nitrogen and oxygen atoms in total. The van der Waals surface area contributed by atoms with Crippen molar-refractivity contribution < 1.29 is 4.79 Å². The molecule has 3 rings (SSSR count). The van der Waals surface area contributed by atoms with Crippen LogP contribution in [0.5, 0.6) is 0 Å². The molecule has 0 heterocycles. The molecule has 86 valence electrons. The fourth-order valence-corrected chi connectivity index (χ4v) is 4.08. The van der Waals surface area contributed by atoms with Gasteiger partial charge in [0.25, 0.3) is 0 Å². The number of Topliss-reactive ketones (excluding diaryl/α,β-unsaturated/α-hetero) is 1. The average Bonchev–Trinajstić information content (AvgIpc) is 2.17. The molecule has 0 aromatic heterocycles. The van der Waals surface area contributed by atoms with Gasteiger partial charge in [-0.25, -0.2) is 0 Å². The highest BCUT2D eigenvalue weighted by molar-refractivity contribution is 5.78. The van der Waals surface area contributed by atoms with Crippen molar-refractivity contribution in [1.29, 1.82) is 0 Å². The van der Waals surface area contributed by atoms with Crippen LogP contribution in [0, 0.1) is 35.5 Å². The van der Waals surface area contributed by atoms with Crippen LogP contribution >= 0.6 is 0 Å². The van der Waals surface area contributed by atoms with Crippen LogP contribution in [0.25, 0.3) is 0 Å². The number of rotatable bonds is 2. The number of carbonyl (C=O) groups excluding carboxylic acids is 1. The lowest BCUT2D eigenvalue weighted by molar-refractivity contribution is -0.130. The van der Waals surface area contributed by atoms with Gasteiger partial charge in [0, 0.05) is 5.92 Å². The van der Waals surface area contributed by atoms with Gasteiger partial charge >= 0.3 is 0 Å². The summed E-state index contributed by atoms with van der Waals surface area (Å²) in [4.78, 5) is 11.7. The van der Waals surface area contributed by atoms with Crippen LogP contribution in [0.15, 0.2) is 0 Å². The van der Waals surface area contributed by atoms with Gasteiger partial charge in [0.2, 0.25) is 0 Å². The van der Waals surface area contributed by atoms with Crippen LogP contribution in [-0.2, 0) is 4.79 Å². The predicted molar refractivity (Wildman–Crippen MR) is 62.5 cm³/mol. The van der Waals surface area contributed by atoms with Gasteiger partial charge in [0.05, 0.1) is 0 Å². The van der Waals surface area contributed by atoms with Gasteiger partial charge in [0.1, 0.15) is 5.78 Å². The van der Waals surface area contributed by atoms with E-state index in [2.05, 4.69) is 20.8 Å². The normalized spacial score (nSPS) is 44.7. The monoisotopic (exact) mass is 208 g/mol. The Hall–Kier alpha value is -0.330. The number of hydrogen-bond acceptors (Lipinski definition) is 1. The lowest BCUT2D eigenvalue weighted by Gasteiger charge is -2.51. The lowest BCUT2D eigenvalue weighted by Crippen LogP contribution is -2.46. The maximum absolute atomic E-state index is 11.7. The molecule has 0 N–H and O–H groups in total. The summed E-state index contributed by atoms with van der Waals surface area (Å²) >= 11 is 0. The van der Waals surface area contributed by atoms with E-state index in [9.17, 15) is 4.79 Å². The van der Waals surface area contributed by atoms with E-state index >= 15 is 0 Å². The zero-order chi connectivity index (χ0) is 11.2. The van der Waals surface area contributed by atoms with Gasteiger partial charge in [-0.1, -0.05) is 20.8 Å². The Morgan fingerprint density at radius 3 is 2.33 bits per heavy atom. The molecule has 5 atom stereocenters. The highest BCUT2D eigenvalue weighted by atomic mass is 16.1. The quantitative estimate of drug-likeness (QED) is 0.678. The highest BCUT2D eigenvalue weighted by Crippen LogP contribution is 2.53. The highest BCUT2D eigenvalue weighted by Gasteiger charge is 2.47. The van der Waals surface area contributed by atoms with Crippen LogP contribution in [0.4, 0.5) is 0 Å². The first kappa shape index (κ1) is 11.2. The van der Waals surface area contributed by atoms with E-state index in [1.54, 1.807) is 6.92 Å². The summed E-state index contributed by atoms with van der Waals surface area (Å²) < 4.78 is 0. The standard InChI is InChI=1S/C14H24O/c1-8(2)12-6-11-7-13(10(4)15)14(12)5-9(11)3/h8-9,11-14H,5-7H2,1-4H3. The van der Waals surface area contributed by atoms with Gasteiger partial charge in [-0.15, -0.1) is 0 Å². The maximum atomic E-state index is 11.7. The van der Waals surface area contributed by atoms with Crippen molar-refractivity contribution in [3.8, 4) is 0 Å². The van der Waals surface area contributed by atoms with Gasteiger partial charge in [-0.3, -0.25) is 4.79 Å². The van der Waals surface area contributed by atoms with E-state index in [1.807, 2.05) is 0 Å². The molecular weight excluding hydrogens is 184 g/mol. The Bertz CT molecular complexity index is 256. The maximum Gasteiger partial charge on any atom is 0.133 e. The second-order valence-corrected chi connectivity index (χ2v) is 6.23. The number of carbonyl (C=O) groups is 1. The van der Waals surface area contributed by atoms with Crippen molar-refractivity contribution >= 4 is 5.78 Å². The number of hydrogen-bond donors (Lipinski definition) is 0. The summed E-state index contributed by atoms with van der Waals surface area (Å²) in [5, 5.41) is 0. The fraction of sp³-hybridized carbons (Fsp3) is 0.929. The summed E-state index contributed by atoms with van der Waals surface area (Å²) in [5.41, 5.74) is 0. The molecule has 2 bridgehead atoms. The molecule has 15 heavy (non-hydrogen) atoms. The first-order valence-corrected chi connectivity index (χ1v) is 6.51. The van der Waals surface area contributed by atoms with Crippen LogP contribution in [0.1, 0.15) is 47.0 Å². The largest absolute Gasteiger partial charge is 0.300 e. The topological polar surface area (TPSA) is 17.1 Å². The fourth-order valence-electron chi connectivity index (χ4n) is 4.08. The molecular formula is C14H24O. The molecule has 0 saturated heterocycles. The van der Waals surface area contributed by atoms with Crippen molar-refractivity contribution in [2.45, 2.75) is 47.0 Å². The van der Waals surface area contributed by atoms with E-state index in [4.69, 9.17) is 0 Å². The van der Waals surface area contributed by atoms with E-state index in [0.717, 1.165) is 23.7 Å². The SMILES string of the molecule is CC(=O)C1CC2CC(C(C)C)C1CC2C. The van der Waals surface area contributed by atoms with Crippen LogP contribution < -0.4 is 0 Å². The van der Waals surface area contributed by atoms with Crippen molar-refractivity contribution in [2.24, 2.45) is 35.5 Å². The number of fused-ring (bicyclic) bond motifs is 3. The Kier molecular flexibility index (Phi) is 2.92. The Morgan fingerprint density at radius 1 is 1.20 bits per heavy atom. The second-order valence-electron chi connectivity index (χ2n) is 6.23. The summed E-state index contributed by atoms with van der Waals surface area (Å²) in [5.74, 6) is 4.80. The smallest absolute Gasteiger partial charge is 0.133 e. The molecule has 0 amide bonds. The third kappa shape index (κ3) is 1.86. The van der Waals surface area contributed by atoms with E-state index in [1.165, 1.54) is 19.3 Å². The zero-order valence-corrected chi connectivity index (χ0v) is 10.5. The van der Waals surface area contributed by atoms with Crippen LogP contribution in [0.3, 0.4) is 0 Å². The molecule has 3 aliphatic carbocycles. The van der Waals surface area contributed by atoms with E-state index < -0.39 is 0 Å². The average molecular weight is 208 g/mol. The molecule has 3 aliphatic rings. The summed E-state index contributed by atoms with van der Waals surface area (Å²) in [7, 11) is 0. The predicted octanol–water partition coefficient (Wildman–Crippen LogP) is 3.53. The molecule has 0 aliphatic heterocycles. The lowest BCUT2D eigenvalue weighted by atomic mass is 9.53. The van der Waals surface area contributed by atoms with Crippen molar-refractivity contribution in [3.63, 3.8) is 0 Å². The minimum absolute atomic E-state index is 0.396. The second kappa shape index (κ2) is 3.92. The zero-order valence-electron chi connectivity index (χ0n) is 10.5. The van der Waals surface area contributed by atoms with Gasteiger partial charge in [-0.2, -0.15) is 0 Å². The molecule has 0 spiro atoms. The van der Waals surface area contributed by atoms with Crippen molar-refractivity contribution in [2.75, 3.05) is 0 Å². The summed E-state index contributed by atoms with van der Waals surface area (Å²) in [6.45, 7) is 8.83. The molecule has 1 heteroatoms. The van der Waals surface area contributed by atoms with Gasteiger partial charge in [0.15, 0.2) is 0 Å². The molecule has 0 aromatic carbocycles. The van der Waals surface area contributed by atoms with Crippen molar-refractivity contribution in [1.82, 2.24) is 0 Å². The van der Waals surface area contributed by atoms with E-state index in [0.29, 0.717) is 17.6 Å². The number of ketones is 1. The minimum atomic E-state index is 0.396. The van der Waals surface area contributed by atoms with E-state index in [-0.39, 0.29) is 0 Å². The summed E-state index contributed by atoms with van der Waals surface area (Å²) in [6.07, 6.45) is 3.87. The molecule has 0 aromatic rings. The van der Waals surface area contributed by atoms with Crippen LogP contribution in [0.2, 0.25) is 0 Å². The first-order chi connectivity index (χ1) is 7.00. The Morgan fingerprint density at radius 2 is 1.87 bits per heavy atom. The first-order valence-electron chi connectivity index (χ1n) is 6.51. The third-order valence-electron chi connectivity index (χ3n) is 5.03. The molecule has 5 unspecified atom stereocenters. The summed E-state index contributed by atoms with van der Waals surface area (Å²) in [6, 6.07) is 0. The molecule has 3 fully saturated rings.